The largest absolute Gasteiger partial charge is 0.453 e. The molecule has 0 spiro atoms. The van der Waals surface area contributed by atoms with Gasteiger partial charge in [-0.1, -0.05) is 82.3 Å². The van der Waals surface area contributed by atoms with E-state index in [1.807, 2.05) is 68.4 Å². The van der Waals surface area contributed by atoms with Crippen LogP contribution in [0.2, 0.25) is 0 Å². The van der Waals surface area contributed by atoms with E-state index in [1.165, 1.54) is 0 Å². The van der Waals surface area contributed by atoms with Crippen molar-refractivity contribution in [2.75, 3.05) is 0 Å². The van der Waals surface area contributed by atoms with Gasteiger partial charge >= 0.3 is 13.7 Å². The van der Waals surface area contributed by atoms with Gasteiger partial charge in [-0.15, -0.1) is 0 Å². The third-order valence-electron chi connectivity index (χ3n) is 5.70. The maximum atomic E-state index is 14.4. The number of benzene rings is 3. The zero-order valence-corrected chi connectivity index (χ0v) is 22.4. The number of carbonyl (C=O) groups is 1. The van der Waals surface area contributed by atoms with Crippen molar-refractivity contribution < 1.29 is 23.1 Å². The van der Waals surface area contributed by atoms with E-state index >= 15 is 0 Å². The fourth-order valence-corrected chi connectivity index (χ4v) is 5.69. The lowest BCUT2D eigenvalue weighted by Gasteiger charge is -2.29. The average molecular weight is 510 g/mol. The topological polar surface area (TPSA) is 73.9 Å². The van der Waals surface area contributed by atoms with Crippen LogP contribution >= 0.6 is 7.60 Å². The fraction of sp³-hybridized carbons (Fsp3) is 0.345. The van der Waals surface area contributed by atoms with Gasteiger partial charge in [0.05, 0.1) is 0 Å². The fourth-order valence-electron chi connectivity index (χ4n) is 3.63. The summed E-state index contributed by atoms with van der Waals surface area (Å²) >= 11 is 0. The van der Waals surface area contributed by atoms with Crippen molar-refractivity contribution in [3.05, 3.63) is 95.6 Å². The second kappa shape index (κ2) is 13.2. The highest BCUT2D eigenvalue weighted by atomic mass is 31.2. The van der Waals surface area contributed by atoms with Gasteiger partial charge in [-0.2, -0.15) is 0 Å². The van der Waals surface area contributed by atoms with E-state index in [0.29, 0.717) is 17.9 Å². The minimum atomic E-state index is -3.94. The molecule has 1 N–H and O–H groups in total. The van der Waals surface area contributed by atoms with Gasteiger partial charge in [0.2, 0.25) is 0 Å². The number of ether oxygens (including phenoxy) is 1. The summed E-state index contributed by atoms with van der Waals surface area (Å²) in [5.74, 6) is 0.00945. The van der Waals surface area contributed by atoms with Crippen LogP contribution in [-0.4, -0.2) is 11.9 Å². The van der Waals surface area contributed by atoms with Gasteiger partial charge in [0.15, 0.2) is 5.78 Å². The van der Waals surface area contributed by atoms with Gasteiger partial charge in [-0.3, -0.25) is 0 Å². The molecule has 6 nitrogen and oxygen atoms in total. The molecule has 0 saturated heterocycles. The molecule has 0 saturated carbocycles. The van der Waals surface area contributed by atoms with E-state index in [4.69, 9.17) is 13.8 Å². The van der Waals surface area contributed by atoms with Gasteiger partial charge in [0, 0.05) is 0 Å². The number of aryl methyl sites for hydroxylation is 2. The summed E-state index contributed by atoms with van der Waals surface area (Å²) in [5.41, 5.74) is 3.12. The Balaban J connectivity index is 1.86. The molecule has 0 aromatic heterocycles. The Bertz CT molecular complexity index is 1080. The predicted molar refractivity (Wildman–Crippen MR) is 144 cm³/mol. The van der Waals surface area contributed by atoms with Crippen molar-refractivity contribution in [2.45, 2.75) is 59.3 Å². The first-order valence-electron chi connectivity index (χ1n) is 12.4. The molecule has 3 aromatic rings. The van der Waals surface area contributed by atoms with E-state index in [0.717, 1.165) is 29.5 Å². The quantitative estimate of drug-likeness (QED) is 0.253. The van der Waals surface area contributed by atoms with Crippen molar-refractivity contribution in [3.8, 4) is 11.5 Å². The molecule has 0 heterocycles. The lowest BCUT2D eigenvalue weighted by Crippen LogP contribution is -2.38. The molecule has 3 rings (SSSR count). The third kappa shape index (κ3) is 8.17. The highest BCUT2D eigenvalue weighted by Crippen LogP contribution is 2.53. The molecule has 1 atom stereocenters. The molecule has 1 amide bonds. The zero-order chi connectivity index (χ0) is 26.0. The molecule has 0 aliphatic rings. The molecule has 0 bridgehead atoms. The highest BCUT2D eigenvalue weighted by Gasteiger charge is 2.41. The minimum absolute atomic E-state index is 0.101. The van der Waals surface area contributed by atoms with Gasteiger partial charge in [-0.05, 0) is 66.1 Å². The highest BCUT2D eigenvalue weighted by molar-refractivity contribution is 7.55. The van der Waals surface area contributed by atoms with Gasteiger partial charge in [0.25, 0.3) is 0 Å². The van der Waals surface area contributed by atoms with E-state index in [2.05, 4.69) is 19.2 Å². The number of hydrogen-bond donors (Lipinski definition) is 1. The van der Waals surface area contributed by atoms with Crippen LogP contribution < -0.4 is 14.4 Å². The first kappa shape index (κ1) is 27.3. The van der Waals surface area contributed by atoms with Crippen LogP contribution in [0.25, 0.3) is 0 Å². The standard InChI is InChI=1S/C29H36NO5P/c1-5-23-12-16-26(17-13-23)34-36(32,35-27-18-14-24(6-2)15-19-27)28(20-22(3)4)30-29(31)33-21-25-10-8-7-9-11-25/h7-19,22,28H,5-6,20-21H2,1-4H3,(H,30,31). The first-order chi connectivity index (χ1) is 17.3. The SMILES string of the molecule is CCc1ccc(OP(=O)(Oc2ccc(CC)cc2)C(CC(C)C)NC(=O)OCc2ccccc2)cc1. The van der Waals surface area contributed by atoms with Crippen molar-refractivity contribution in [1.82, 2.24) is 5.32 Å². The molecule has 192 valence electrons. The summed E-state index contributed by atoms with van der Waals surface area (Å²) in [6.07, 6.45) is 1.45. The molecule has 1 unspecified atom stereocenters. The summed E-state index contributed by atoms with van der Waals surface area (Å²) in [6, 6.07) is 24.2. The summed E-state index contributed by atoms with van der Waals surface area (Å²) < 4.78 is 31.9. The van der Waals surface area contributed by atoms with Crippen molar-refractivity contribution in [1.29, 1.82) is 0 Å². The average Bonchev–Trinajstić information content (AvgIpc) is 2.88. The van der Waals surface area contributed by atoms with Gasteiger partial charge < -0.3 is 19.1 Å². The van der Waals surface area contributed by atoms with Crippen molar-refractivity contribution in [2.24, 2.45) is 5.92 Å². The molecule has 36 heavy (non-hydrogen) atoms. The molecular weight excluding hydrogens is 473 g/mol. The number of nitrogens with one attached hydrogen (secondary N) is 1. The van der Waals surface area contributed by atoms with E-state index in [1.54, 1.807) is 24.3 Å². The zero-order valence-electron chi connectivity index (χ0n) is 21.5. The van der Waals surface area contributed by atoms with Crippen molar-refractivity contribution >= 4 is 13.7 Å². The number of carbonyl (C=O) groups excluding carboxylic acids is 1. The lowest BCUT2D eigenvalue weighted by molar-refractivity contribution is 0.136. The predicted octanol–water partition coefficient (Wildman–Crippen LogP) is 7.76. The molecule has 3 aromatic carbocycles. The molecule has 0 radical (unpaired) electrons. The molecule has 7 heteroatoms. The van der Waals surface area contributed by atoms with Crippen LogP contribution in [0.4, 0.5) is 4.79 Å². The van der Waals surface area contributed by atoms with E-state index in [9.17, 15) is 9.36 Å². The van der Waals surface area contributed by atoms with Crippen LogP contribution in [0.1, 0.15) is 50.8 Å². The Morgan fingerprint density at radius 1 is 0.778 bits per heavy atom. The molecule has 0 aliphatic heterocycles. The van der Waals surface area contributed by atoms with Crippen molar-refractivity contribution in [3.63, 3.8) is 0 Å². The van der Waals surface area contributed by atoms with E-state index < -0.39 is 19.5 Å². The number of alkyl carbamates (subject to hydrolysis) is 1. The Morgan fingerprint density at radius 2 is 1.28 bits per heavy atom. The monoisotopic (exact) mass is 509 g/mol. The number of amides is 1. The van der Waals surface area contributed by atoms with Crippen LogP contribution in [0.15, 0.2) is 78.9 Å². The summed E-state index contributed by atoms with van der Waals surface area (Å²) in [5, 5.41) is 2.77. The summed E-state index contributed by atoms with van der Waals surface area (Å²) in [6.45, 7) is 8.20. The smallest absolute Gasteiger partial charge is 0.445 e. The van der Waals surface area contributed by atoms with Crippen LogP contribution in [0.3, 0.4) is 0 Å². The Morgan fingerprint density at radius 3 is 1.72 bits per heavy atom. The maximum absolute atomic E-state index is 14.4. The van der Waals surface area contributed by atoms with Crippen LogP contribution in [0.5, 0.6) is 11.5 Å². The normalized spacial score (nSPS) is 12.1. The maximum Gasteiger partial charge on any atom is 0.453 e. The van der Waals surface area contributed by atoms with E-state index in [-0.39, 0.29) is 12.5 Å². The lowest BCUT2D eigenvalue weighted by atomic mass is 10.1. The first-order valence-corrected chi connectivity index (χ1v) is 14.1. The number of rotatable bonds is 12. The van der Waals surface area contributed by atoms with Crippen LogP contribution in [-0.2, 0) is 28.8 Å². The Labute approximate surface area is 214 Å². The molecular formula is C29H36NO5P. The molecule has 0 fully saturated rings. The van der Waals surface area contributed by atoms with Crippen LogP contribution in [0, 0.1) is 5.92 Å². The summed E-state index contributed by atoms with van der Waals surface area (Å²) in [4.78, 5) is 12.8. The second-order valence-electron chi connectivity index (χ2n) is 9.07. The Hall–Kier alpha value is -3.24. The Kier molecular flexibility index (Phi) is 10.0. The number of hydrogen-bond acceptors (Lipinski definition) is 5. The van der Waals surface area contributed by atoms with Gasteiger partial charge in [-0.25, -0.2) is 9.36 Å². The van der Waals surface area contributed by atoms with Gasteiger partial charge in [0.1, 0.15) is 18.1 Å². The molecule has 0 aliphatic carbocycles. The minimum Gasteiger partial charge on any atom is -0.445 e. The second-order valence-corrected chi connectivity index (χ2v) is 11.1. The summed E-state index contributed by atoms with van der Waals surface area (Å²) in [7, 11) is -3.94. The third-order valence-corrected chi connectivity index (χ3v) is 7.74.